The van der Waals surface area contributed by atoms with Crippen LogP contribution in [0.25, 0.3) is 11.0 Å². The zero-order valence-corrected chi connectivity index (χ0v) is 12.2. The van der Waals surface area contributed by atoms with Gasteiger partial charge in [0.05, 0.1) is 24.5 Å². The van der Waals surface area contributed by atoms with Crippen LogP contribution in [0.1, 0.15) is 17.7 Å². The fraction of sp³-hybridized carbons (Fsp3) is 0.462. The van der Waals surface area contributed by atoms with Crippen molar-refractivity contribution >= 4 is 17.0 Å². The average molecular weight is 317 g/mol. The maximum atomic E-state index is 13.1. The predicted octanol–water partition coefficient (Wildman–Crippen LogP) is 1.63. The lowest BCUT2D eigenvalue weighted by atomic mass is 10.1. The molecule has 0 fully saturated rings. The highest BCUT2D eigenvalue weighted by Gasteiger charge is 2.35. The van der Waals surface area contributed by atoms with E-state index in [1.165, 1.54) is 25.8 Å². The van der Waals surface area contributed by atoms with Crippen molar-refractivity contribution < 1.29 is 22.7 Å². The van der Waals surface area contributed by atoms with Gasteiger partial charge in [-0.05, 0) is 6.92 Å². The number of hydrogen-bond acceptors (Lipinski definition) is 4. The van der Waals surface area contributed by atoms with Gasteiger partial charge < -0.3 is 4.74 Å². The molecular weight excluding hydrogens is 303 g/mol. The van der Waals surface area contributed by atoms with E-state index in [0.29, 0.717) is 6.07 Å². The highest BCUT2D eigenvalue weighted by molar-refractivity contribution is 5.83. The molecule has 0 N–H and O–H groups in total. The van der Waals surface area contributed by atoms with Crippen LogP contribution < -0.4 is 5.56 Å². The Balaban J connectivity index is 2.70. The summed E-state index contributed by atoms with van der Waals surface area (Å²) >= 11 is 0. The third-order valence-corrected chi connectivity index (χ3v) is 3.45. The summed E-state index contributed by atoms with van der Waals surface area (Å²) in [6.45, 7) is 1.39. The van der Waals surface area contributed by atoms with Crippen LogP contribution in [-0.4, -0.2) is 27.4 Å². The molecule has 9 heteroatoms. The molecule has 0 aliphatic heterocycles. The van der Waals surface area contributed by atoms with Crippen LogP contribution in [0.3, 0.4) is 0 Å². The molecule has 0 atom stereocenters. The van der Waals surface area contributed by atoms with E-state index in [2.05, 4.69) is 9.84 Å². The fourth-order valence-corrected chi connectivity index (χ4v) is 2.22. The molecule has 0 saturated heterocycles. The molecule has 0 aromatic carbocycles. The van der Waals surface area contributed by atoms with E-state index in [1.807, 2.05) is 0 Å². The molecule has 22 heavy (non-hydrogen) atoms. The summed E-state index contributed by atoms with van der Waals surface area (Å²) < 4.78 is 46.2. The molecule has 2 rings (SSSR count). The van der Waals surface area contributed by atoms with Gasteiger partial charge in [-0.15, -0.1) is 0 Å². The Morgan fingerprint density at radius 2 is 2.05 bits per heavy atom. The number of hydrogen-bond donors (Lipinski definition) is 0. The number of carbonyl (C=O) groups is 1. The zero-order valence-electron chi connectivity index (χ0n) is 12.2. The summed E-state index contributed by atoms with van der Waals surface area (Å²) in [6.07, 6.45) is -4.79. The maximum Gasteiger partial charge on any atom is 0.417 e. The molecule has 0 aliphatic rings. The van der Waals surface area contributed by atoms with Crippen LogP contribution in [0.5, 0.6) is 0 Å². The van der Waals surface area contributed by atoms with Crippen LogP contribution >= 0.6 is 0 Å². The second-order valence-electron chi connectivity index (χ2n) is 4.78. The number of rotatable bonds is 3. The summed E-state index contributed by atoms with van der Waals surface area (Å²) in [5.41, 5.74) is -1.69. The minimum Gasteiger partial charge on any atom is -0.469 e. The van der Waals surface area contributed by atoms with Crippen molar-refractivity contribution in [2.45, 2.75) is 26.1 Å². The SMILES string of the molecule is COC(=O)CCn1c(=O)cc(C(F)(F)F)c2c(C)n(C)nc21. The monoisotopic (exact) mass is 317 g/mol. The highest BCUT2D eigenvalue weighted by Crippen LogP contribution is 2.34. The standard InChI is InChI=1S/C13H14F3N3O3/c1-7-11-8(13(14,15)16)6-9(20)19(5-4-10(21)22-3)12(11)17-18(7)2/h6H,4-5H2,1-3H3. The molecule has 2 heterocycles. The summed E-state index contributed by atoms with van der Waals surface area (Å²) in [5, 5.41) is 3.84. The van der Waals surface area contributed by atoms with Gasteiger partial charge in [-0.3, -0.25) is 18.8 Å². The second kappa shape index (κ2) is 5.47. The van der Waals surface area contributed by atoms with Crippen molar-refractivity contribution in [2.24, 2.45) is 7.05 Å². The Kier molecular flexibility index (Phi) is 3.99. The molecule has 120 valence electrons. The van der Waals surface area contributed by atoms with Gasteiger partial charge in [-0.1, -0.05) is 0 Å². The lowest BCUT2D eigenvalue weighted by Crippen LogP contribution is -2.24. The molecule has 2 aromatic rings. The van der Waals surface area contributed by atoms with Crippen LogP contribution in [-0.2, 0) is 29.3 Å². The number of esters is 1. The first-order chi connectivity index (χ1) is 10.2. The molecule has 0 saturated carbocycles. The van der Waals surface area contributed by atoms with E-state index in [-0.39, 0.29) is 29.7 Å². The van der Waals surface area contributed by atoms with E-state index in [4.69, 9.17) is 0 Å². The van der Waals surface area contributed by atoms with E-state index < -0.39 is 23.3 Å². The Morgan fingerprint density at radius 1 is 1.41 bits per heavy atom. The van der Waals surface area contributed by atoms with Crippen molar-refractivity contribution in [3.63, 3.8) is 0 Å². The Labute approximate surface area is 123 Å². The van der Waals surface area contributed by atoms with Crippen LogP contribution in [0, 0.1) is 6.92 Å². The molecule has 0 bridgehead atoms. The van der Waals surface area contributed by atoms with Gasteiger partial charge >= 0.3 is 12.1 Å². The number of halogens is 3. The number of aromatic nitrogens is 3. The van der Waals surface area contributed by atoms with Crippen LogP contribution in [0.2, 0.25) is 0 Å². The zero-order chi connectivity index (χ0) is 16.7. The summed E-state index contributed by atoms with van der Waals surface area (Å²) in [4.78, 5) is 23.2. The van der Waals surface area contributed by atoms with Gasteiger partial charge in [0.1, 0.15) is 0 Å². The molecule has 0 radical (unpaired) electrons. The highest BCUT2D eigenvalue weighted by atomic mass is 19.4. The minimum atomic E-state index is -4.66. The van der Waals surface area contributed by atoms with Crippen LogP contribution in [0.15, 0.2) is 10.9 Å². The number of carbonyl (C=O) groups excluding carboxylic acids is 1. The lowest BCUT2D eigenvalue weighted by molar-refractivity contribution is -0.141. The molecule has 2 aromatic heterocycles. The van der Waals surface area contributed by atoms with E-state index >= 15 is 0 Å². The minimum absolute atomic E-state index is 0.0938. The first-order valence-electron chi connectivity index (χ1n) is 6.38. The van der Waals surface area contributed by atoms with Crippen molar-refractivity contribution in [3.05, 3.63) is 27.7 Å². The normalized spacial score (nSPS) is 11.9. The van der Waals surface area contributed by atoms with Gasteiger partial charge in [-0.2, -0.15) is 18.3 Å². The largest absolute Gasteiger partial charge is 0.469 e. The summed E-state index contributed by atoms with van der Waals surface area (Å²) in [7, 11) is 2.68. The first-order valence-corrected chi connectivity index (χ1v) is 6.38. The molecular formula is C13H14F3N3O3. The quantitative estimate of drug-likeness (QED) is 0.807. The van der Waals surface area contributed by atoms with Crippen molar-refractivity contribution in [3.8, 4) is 0 Å². The van der Waals surface area contributed by atoms with E-state index in [1.54, 1.807) is 0 Å². The van der Waals surface area contributed by atoms with Crippen LogP contribution in [0.4, 0.5) is 13.2 Å². The summed E-state index contributed by atoms with van der Waals surface area (Å²) in [6, 6.07) is 0.536. The number of nitrogens with zero attached hydrogens (tertiary/aromatic N) is 3. The number of aryl methyl sites for hydroxylation is 3. The first kappa shape index (κ1) is 16.1. The lowest BCUT2D eigenvalue weighted by Gasteiger charge is -2.11. The average Bonchev–Trinajstić information content (AvgIpc) is 2.71. The number of pyridine rings is 1. The smallest absolute Gasteiger partial charge is 0.417 e. The number of fused-ring (bicyclic) bond motifs is 1. The maximum absolute atomic E-state index is 13.1. The third kappa shape index (κ3) is 2.70. The second-order valence-corrected chi connectivity index (χ2v) is 4.78. The third-order valence-electron chi connectivity index (χ3n) is 3.45. The van der Waals surface area contributed by atoms with Crippen molar-refractivity contribution in [1.29, 1.82) is 0 Å². The Morgan fingerprint density at radius 3 is 2.59 bits per heavy atom. The van der Waals surface area contributed by atoms with Crippen molar-refractivity contribution in [2.75, 3.05) is 7.11 Å². The molecule has 0 aliphatic carbocycles. The van der Waals surface area contributed by atoms with Gasteiger partial charge in [-0.25, -0.2) is 0 Å². The van der Waals surface area contributed by atoms with Gasteiger partial charge in [0.2, 0.25) is 0 Å². The Bertz CT molecular complexity index is 790. The predicted molar refractivity (Wildman–Crippen MR) is 71.3 cm³/mol. The molecule has 6 nitrogen and oxygen atoms in total. The number of alkyl halides is 3. The van der Waals surface area contributed by atoms with Gasteiger partial charge in [0, 0.05) is 25.4 Å². The Hall–Kier alpha value is -2.32. The molecule has 0 unspecified atom stereocenters. The number of ether oxygens (including phenoxy) is 1. The van der Waals surface area contributed by atoms with E-state index in [9.17, 15) is 22.8 Å². The molecule has 0 spiro atoms. The van der Waals surface area contributed by atoms with E-state index in [0.717, 1.165) is 4.57 Å². The van der Waals surface area contributed by atoms with Gasteiger partial charge in [0.25, 0.3) is 5.56 Å². The van der Waals surface area contributed by atoms with Crippen molar-refractivity contribution in [1.82, 2.24) is 14.3 Å². The molecule has 0 amide bonds. The summed E-state index contributed by atoms with van der Waals surface area (Å²) in [5.74, 6) is -0.562. The van der Waals surface area contributed by atoms with Gasteiger partial charge in [0.15, 0.2) is 5.65 Å². The topological polar surface area (TPSA) is 66.1 Å². The fourth-order valence-electron chi connectivity index (χ4n) is 2.22. The number of methoxy groups -OCH3 is 1.